The molecule has 0 saturated carbocycles. The van der Waals surface area contributed by atoms with Gasteiger partial charge < -0.3 is 10.6 Å². The summed E-state index contributed by atoms with van der Waals surface area (Å²) in [5.41, 5.74) is 8.77. The van der Waals surface area contributed by atoms with Gasteiger partial charge in [0.2, 0.25) is 0 Å². The Labute approximate surface area is 106 Å². The maximum atomic E-state index is 6.18. The normalized spacial score (nSPS) is 12.8. The van der Waals surface area contributed by atoms with E-state index in [0.29, 0.717) is 5.92 Å². The summed E-state index contributed by atoms with van der Waals surface area (Å²) in [4.78, 5) is 2.36. The van der Waals surface area contributed by atoms with Gasteiger partial charge in [0, 0.05) is 24.8 Å². The van der Waals surface area contributed by atoms with Crippen LogP contribution in [0.5, 0.6) is 0 Å². The molecular weight excluding hydrogens is 208 g/mol. The second-order valence-corrected chi connectivity index (χ2v) is 5.27. The lowest BCUT2D eigenvalue weighted by atomic mass is 10.0. The molecule has 1 aromatic rings. The molecule has 0 aliphatic heterocycles. The summed E-state index contributed by atoms with van der Waals surface area (Å²) in [7, 11) is 0. The van der Waals surface area contributed by atoms with Crippen molar-refractivity contribution in [2.75, 3.05) is 18.0 Å². The van der Waals surface area contributed by atoms with E-state index in [4.69, 9.17) is 5.73 Å². The van der Waals surface area contributed by atoms with Crippen molar-refractivity contribution in [3.63, 3.8) is 0 Å². The highest BCUT2D eigenvalue weighted by Crippen LogP contribution is 2.16. The van der Waals surface area contributed by atoms with Crippen LogP contribution in [0.15, 0.2) is 24.3 Å². The van der Waals surface area contributed by atoms with Crippen molar-refractivity contribution in [2.24, 2.45) is 11.7 Å². The van der Waals surface area contributed by atoms with Gasteiger partial charge in [0.1, 0.15) is 0 Å². The highest BCUT2D eigenvalue weighted by Gasteiger charge is 2.11. The van der Waals surface area contributed by atoms with Crippen molar-refractivity contribution in [3.05, 3.63) is 29.8 Å². The van der Waals surface area contributed by atoms with E-state index in [0.717, 1.165) is 19.5 Å². The summed E-state index contributed by atoms with van der Waals surface area (Å²) in [6.45, 7) is 10.7. The average molecular weight is 234 g/mol. The molecule has 0 amide bonds. The first-order chi connectivity index (χ1) is 8.02. The van der Waals surface area contributed by atoms with Gasteiger partial charge in [0.15, 0.2) is 0 Å². The number of rotatable bonds is 6. The van der Waals surface area contributed by atoms with E-state index in [9.17, 15) is 0 Å². The Balaban J connectivity index is 2.65. The van der Waals surface area contributed by atoms with E-state index in [1.165, 1.54) is 11.3 Å². The maximum absolute atomic E-state index is 6.18. The Morgan fingerprint density at radius 3 is 2.53 bits per heavy atom. The molecule has 1 atom stereocenters. The topological polar surface area (TPSA) is 29.3 Å². The van der Waals surface area contributed by atoms with Gasteiger partial charge in [0.05, 0.1) is 0 Å². The Morgan fingerprint density at radius 2 is 2.00 bits per heavy atom. The summed E-state index contributed by atoms with van der Waals surface area (Å²) in [6.07, 6.45) is 1.09. The zero-order valence-corrected chi connectivity index (χ0v) is 11.6. The van der Waals surface area contributed by atoms with Crippen LogP contribution in [0.2, 0.25) is 0 Å². The number of aryl methyl sites for hydroxylation is 1. The van der Waals surface area contributed by atoms with E-state index in [-0.39, 0.29) is 6.04 Å². The number of nitrogens with two attached hydrogens (primary N) is 1. The molecular formula is C15H26N2. The highest BCUT2D eigenvalue weighted by molar-refractivity contribution is 5.48. The zero-order valence-electron chi connectivity index (χ0n) is 11.6. The zero-order chi connectivity index (χ0) is 12.8. The third-order valence-corrected chi connectivity index (χ3v) is 2.98. The smallest absolute Gasteiger partial charge is 0.0369 e. The largest absolute Gasteiger partial charge is 0.370 e. The standard InChI is InChI=1S/C15H26N2/c1-5-17(11-14(16)9-12(2)3)15-8-6-7-13(4)10-15/h6-8,10,12,14H,5,9,11,16H2,1-4H3. The summed E-state index contributed by atoms with van der Waals surface area (Å²) in [5, 5.41) is 0. The van der Waals surface area contributed by atoms with Gasteiger partial charge in [-0.1, -0.05) is 26.0 Å². The summed E-state index contributed by atoms with van der Waals surface area (Å²) >= 11 is 0. The number of likely N-dealkylation sites (N-methyl/N-ethyl adjacent to an activating group) is 1. The molecule has 0 spiro atoms. The number of anilines is 1. The Morgan fingerprint density at radius 1 is 1.29 bits per heavy atom. The third kappa shape index (κ3) is 4.78. The van der Waals surface area contributed by atoms with Crippen LogP contribution in [0.25, 0.3) is 0 Å². The minimum atomic E-state index is 0.260. The fraction of sp³-hybridized carbons (Fsp3) is 0.600. The van der Waals surface area contributed by atoms with Crippen LogP contribution in [0.1, 0.15) is 32.8 Å². The van der Waals surface area contributed by atoms with Crippen molar-refractivity contribution in [3.8, 4) is 0 Å². The molecule has 2 N–H and O–H groups in total. The van der Waals surface area contributed by atoms with E-state index in [2.05, 4.69) is 56.9 Å². The molecule has 17 heavy (non-hydrogen) atoms. The van der Waals surface area contributed by atoms with E-state index in [1.807, 2.05) is 0 Å². The number of hydrogen-bond donors (Lipinski definition) is 1. The lowest BCUT2D eigenvalue weighted by Crippen LogP contribution is -2.38. The van der Waals surface area contributed by atoms with Crippen molar-refractivity contribution < 1.29 is 0 Å². The Hall–Kier alpha value is -1.02. The highest BCUT2D eigenvalue weighted by atomic mass is 15.1. The lowest BCUT2D eigenvalue weighted by Gasteiger charge is -2.27. The van der Waals surface area contributed by atoms with E-state index >= 15 is 0 Å². The predicted molar refractivity (Wildman–Crippen MR) is 76.5 cm³/mol. The average Bonchev–Trinajstić information content (AvgIpc) is 2.24. The Bertz CT molecular complexity index is 333. The second-order valence-electron chi connectivity index (χ2n) is 5.27. The molecule has 2 heteroatoms. The van der Waals surface area contributed by atoms with Gasteiger partial charge >= 0.3 is 0 Å². The molecule has 0 fully saturated rings. The van der Waals surface area contributed by atoms with E-state index in [1.54, 1.807) is 0 Å². The first-order valence-electron chi connectivity index (χ1n) is 6.60. The molecule has 0 aromatic heterocycles. The second kappa shape index (κ2) is 6.65. The fourth-order valence-electron chi connectivity index (χ4n) is 2.20. The van der Waals surface area contributed by atoms with Crippen LogP contribution >= 0.6 is 0 Å². The van der Waals surface area contributed by atoms with E-state index < -0.39 is 0 Å². The third-order valence-electron chi connectivity index (χ3n) is 2.98. The number of hydrogen-bond acceptors (Lipinski definition) is 2. The van der Waals surface area contributed by atoms with Crippen molar-refractivity contribution in [2.45, 2.75) is 40.2 Å². The van der Waals surface area contributed by atoms with Gasteiger partial charge in [-0.25, -0.2) is 0 Å². The van der Waals surface area contributed by atoms with Crippen LogP contribution in [0.3, 0.4) is 0 Å². The fourth-order valence-corrected chi connectivity index (χ4v) is 2.20. The van der Waals surface area contributed by atoms with Gasteiger partial charge in [-0.3, -0.25) is 0 Å². The molecule has 2 nitrogen and oxygen atoms in total. The van der Waals surface area contributed by atoms with Crippen LogP contribution in [-0.2, 0) is 0 Å². The summed E-state index contributed by atoms with van der Waals surface area (Å²) in [5.74, 6) is 0.668. The quantitative estimate of drug-likeness (QED) is 0.819. The van der Waals surface area contributed by atoms with Gasteiger partial charge in [-0.05, 0) is 43.9 Å². The summed E-state index contributed by atoms with van der Waals surface area (Å²) in [6, 6.07) is 8.90. The van der Waals surface area contributed by atoms with Crippen LogP contribution in [-0.4, -0.2) is 19.1 Å². The maximum Gasteiger partial charge on any atom is 0.0369 e. The number of nitrogens with zero attached hydrogens (tertiary/aromatic N) is 1. The van der Waals surface area contributed by atoms with Crippen LogP contribution in [0, 0.1) is 12.8 Å². The lowest BCUT2D eigenvalue weighted by molar-refractivity contribution is 0.491. The molecule has 0 bridgehead atoms. The van der Waals surface area contributed by atoms with Gasteiger partial charge in [-0.15, -0.1) is 0 Å². The SMILES string of the molecule is CCN(CC(N)CC(C)C)c1cccc(C)c1. The molecule has 0 radical (unpaired) electrons. The number of benzene rings is 1. The monoisotopic (exact) mass is 234 g/mol. The Kier molecular flexibility index (Phi) is 5.49. The molecule has 0 aliphatic carbocycles. The molecule has 96 valence electrons. The molecule has 0 heterocycles. The van der Waals surface area contributed by atoms with Crippen LogP contribution < -0.4 is 10.6 Å². The summed E-state index contributed by atoms with van der Waals surface area (Å²) < 4.78 is 0. The first-order valence-corrected chi connectivity index (χ1v) is 6.60. The minimum Gasteiger partial charge on any atom is -0.370 e. The molecule has 1 aromatic carbocycles. The molecule has 1 unspecified atom stereocenters. The van der Waals surface area contributed by atoms with Crippen molar-refractivity contribution in [1.82, 2.24) is 0 Å². The molecule has 0 saturated heterocycles. The first kappa shape index (κ1) is 14.0. The van der Waals surface area contributed by atoms with Crippen molar-refractivity contribution in [1.29, 1.82) is 0 Å². The van der Waals surface area contributed by atoms with Crippen molar-refractivity contribution >= 4 is 5.69 Å². The van der Waals surface area contributed by atoms with Gasteiger partial charge in [-0.2, -0.15) is 0 Å². The van der Waals surface area contributed by atoms with Gasteiger partial charge in [0.25, 0.3) is 0 Å². The van der Waals surface area contributed by atoms with Crippen LogP contribution in [0.4, 0.5) is 5.69 Å². The molecule has 1 rings (SSSR count). The molecule has 0 aliphatic rings. The predicted octanol–water partition coefficient (Wildman–Crippen LogP) is 3.19. The minimum absolute atomic E-state index is 0.260.